The zero-order chi connectivity index (χ0) is 24.1. The highest BCUT2D eigenvalue weighted by molar-refractivity contribution is 6.09. The van der Waals surface area contributed by atoms with Crippen LogP contribution in [0, 0.1) is 5.82 Å². The largest absolute Gasteiger partial charge is 0.489 e. The molecule has 0 unspecified atom stereocenters. The number of hydrogen-bond donors (Lipinski definition) is 2. The zero-order valence-corrected chi connectivity index (χ0v) is 18.6. The van der Waals surface area contributed by atoms with Crippen LogP contribution in [0.3, 0.4) is 0 Å². The minimum atomic E-state index is -1.12. The van der Waals surface area contributed by atoms with E-state index in [9.17, 15) is 18.8 Å². The van der Waals surface area contributed by atoms with Gasteiger partial charge in [0.05, 0.1) is 0 Å². The molecule has 1 aliphatic rings. The Labute approximate surface area is 196 Å². The van der Waals surface area contributed by atoms with Crippen molar-refractivity contribution in [1.82, 2.24) is 15.8 Å². The highest BCUT2D eigenvalue weighted by atomic mass is 19.1. The third-order valence-corrected chi connectivity index (χ3v) is 5.65. The van der Waals surface area contributed by atoms with Crippen LogP contribution in [0.2, 0.25) is 0 Å². The van der Waals surface area contributed by atoms with Gasteiger partial charge in [-0.3, -0.25) is 15.0 Å². The highest BCUT2D eigenvalue weighted by Crippen LogP contribution is 2.23. The molecule has 34 heavy (non-hydrogen) atoms. The van der Waals surface area contributed by atoms with E-state index in [1.54, 1.807) is 37.3 Å². The topological polar surface area (TPSA) is 87.7 Å². The van der Waals surface area contributed by atoms with Gasteiger partial charge in [-0.05, 0) is 61.2 Å². The van der Waals surface area contributed by atoms with Gasteiger partial charge in [-0.1, -0.05) is 48.5 Å². The third kappa shape index (κ3) is 5.23. The van der Waals surface area contributed by atoms with E-state index in [4.69, 9.17) is 4.74 Å². The molecule has 174 valence electrons. The number of rotatable bonds is 8. The zero-order valence-electron chi connectivity index (χ0n) is 18.6. The van der Waals surface area contributed by atoms with E-state index in [2.05, 4.69) is 10.7 Å². The Bertz CT molecular complexity index is 1200. The molecule has 0 saturated carbocycles. The van der Waals surface area contributed by atoms with Gasteiger partial charge >= 0.3 is 6.03 Å². The summed E-state index contributed by atoms with van der Waals surface area (Å²) in [6, 6.07) is 21.2. The summed E-state index contributed by atoms with van der Waals surface area (Å²) in [5.41, 5.74) is 3.30. The number of aryl methyl sites for hydroxylation is 1. The predicted octanol–water partition coefficient (Wildman–Crippen LogP) is 3.99. The number of benzene rings is 3. The van der Waals surface area contributed by atoms with Gasteiger partial charge in [-0.25, -0.2) is 9.18 Å². The molecular weight excluding hydrogens is 437 g/mol. The number of nitrogens with zero attached hydrogens (tertiary/aromatic N) is 1. The van der Waals surface area contributed by atoms with E-state index >= 15 is 0 Å². The van der Waals surface area contributed by atoms with Gasteiger partial charge in [0, 0.05) is 5.56 Å². The Hall–Kier alpha value is -4.20. The van der Waals surface area contributed by atoms with Crippen molar-refractivity contribution in [3.8, 4) is 5.75 Å². The fourth-order valence-electron chi connectivity index (χ4n) is 3.63. The number of carbonyl (C=O) groups is 3. The molecule has 1 aliphatic heterocycles. The molecule has 1 saturated heterocycles. The maximum Gasteiger partial charge on any atom is 0.344 e. The average molecular weight is 461 g/mol. The quantitative estimate of drug-likeness (QED) is 0.497. The lowest BCUT2D eigenvalue weighted by Crippen LogP contribution is -2.48. The van der Waals surface area contributed by atoms with Crippen LogP contribution in [0.1, 0.15) is 34.8 Å². The van der Waals surface area contributed by atoms with E-state index in [1.807, 2.05) is 30.3 Å². The first-order valence-electron chi connectivity index (χ1n) is 10.8. The van der Waals surface area contributed by atoms with Crippen LogP contribution < -0.4 is 15.5 Å². The van der Waals surface area contributed by atoms with Crippen molar-refractivity contribution in [3.05, 3.63) is 101 Å². The molecule has 3 aromatic rings. The molecule has 0 aliphatic carbocycles. The highest BCUT2D eigenvalue weighted by Gasteiger charge is 2.48. The number of nitrogens with one attached hydrogen (secondary N) is 2. The van der Waals surface area contributed by atoms with Crippen LogP contribution in [0.15, 0.2) is 78.9 Å². The number of hydrazine groups is 1. The Morgan fingerprint density at radius 2 is 1.74 bits per heavy atom. The van der Waals surface area contributed by atoms with Crippen molar-refractivity contribution in [2.45, 2.75) is 31.9 Å². The van der Waals surface area contributed by atoms with Gasteiger partial charge in [-0.2, -0.15) is 5.01 Å². The smallest absolute Gasteiger partial charge is 0.344 e. The lowest BCUT2D eigenvalue weighted by molar-refractivity contribution is -0.132. The molecule has 0 aromatic heterocycles. The molecule has 8 heteroatoms. The first kappa shape index (κ1) is 23.0. The maximum absolute atomic E-state index is 13.0. The molecule has 2 N–H and O–H groups in total. The molecular formula is C26H24FN3O4. The molecule has 1 heterocycles. The number of ether oxygens (including phenoxy) is 1. The molecule has 0 spiro atoms. The average Bonchev–Trinajstić information content (AvgIpc) is 3.06. The Morgan fingerprint density at radius 1 is 1.00 bits per heavy atom. The second-order valence-corrected chi connectivity index (χ2v) is 8.27. The van der Waals surface area contributed by atoms with Crippen LogP contribution in [-0.2, 0) is 17.8 Å². The van der Waals surface area contributed by atoms with Gasteiger partial charge in [0.15, 0.2) is 0 Å². The van der Waals surface area contributed by atoms with E-state index < -0.39 is 23.4 Å². The summed E-state index contributed by atoms with van der Waals surface area (Å²) in [6.45, 7) is 1.84. The molecule has 4 amide bonds. The molecule has 0 bridgehead atoms. The third-order valence-electron chi connectivity index (χ3n) is 5.65. The van der Waals surface area contributed by atoms with Crippen molar-refractivity contribution < 1.29 is 23.5 Å². The van der Waals surface area contributed by atoms with Crippen molar-refractivity contribution in [2.75, 3.05) is 0 Å². The number of urea groups is 1. The molecule has 0 radical (unpaired) electrons. The Balaban J connectivity index is 1.38. The number of carbonyl (C=O) groups excluding carboxylic acids is 3. The standard InChI is InChI=1S/C26H24FN3O4/c1-26(15-14-18-6-3-2-4-7-18)24(32)30(25(33)28-26)29-23(31)20-8-5-9-22(16-20)34-17-19-10-12-21(27)13-11-19/h2-13,16H,14-15,17H2,1H3,(H,28,33)(H,29,31)/t26-/m1/s1. The number of hydrogen-bond acceptors (Lipinski definition) is 4. The first-order valence-corrected chi connectivity index (χ1v) is 10.8. The predicted molar refractivity (Wildman–Crippen MR) is 123 cm³/mol. The summed E-state index contributed by atoms with van der Waals surface area (Å²) in [4.78, 5) is 38.2. The number of imide groups is 1. The summed E-state index contributed by atoms with van der Waals surface area (Å²) in [6.07, 6.45) is 0.985. The second-order valence-electron chi connectivity index (χ2n) is 8.27. The fraction of sp³-hybridized carbons (Fsp3) is 0.192. The lowest BCUT2D eigenvalue weighted by atomic mass is 9.93. The van der Waals surface area contributed by atoms with Crippen LogP contribution in [0.4, 0.5) is 9.18 Å². The van der Waals surface area contributed by atoms with Crippen molar-refractivity contribution in [1.29, 1.82) is 0 Å². The summed E-state index contributed by atoms with van der Waals surface area (Å²) in [5, 5.41) is 3.40. The van der Waals surface area contributed by atoms with Gasteiger partial charge < -0.3 is 10.1 Å². The van der Waals surface area contributed by atoms with E-state index in [0.29, 0.717) is 18.6 Å². The number of halogens is 1. The van der Waals surface area contributed by atoms with Crippen LogP contribution in [-0.4, -0.2) is 28.4 Å². The first-order chi connectivity index (χ1) is 16.3. The van der Waals surface area contributed by atoms with Crippen molar-refractivity contribution in [2.24, 2.45) is 0 Å². The molecule has 4 rings (SSSR count). The second kappa shape index (κ2) is 9.74. The maximum atomic E-state index is 13.0. The minimum Gasteiger partial charge on any atom is -0.489 e. The summed E-state index contributed by atoms with van der Waals surface area (Å²) >= 11 is 0. The monoisotopic (exact) mass is 461 g/mol. The van der Waals surface area contributed by atoms with Gasteiger partial charge in [-0.15, -0.1) is 0 Å². The van der Waals surface area contributed by atoms with Crippen LogP contribution in [0.25, 0.3) is 0 Å². The van der Waals surface area contributed by atoms with E-state index in [1.165, 1.54) is 18.2 Å². The van der Waals surface area contributed by atoms with E-state index in [-0.39, 0.29) is 18.0 Å². The van der Waals surface area contributed by atoms with Crippen molar-refractivity contribution >= 4 is 17.8 Å². The molecule has 7 nitrogen and oxygen atoms in total. The Morgan fingerprint density at radius 3 is 2.47 bits per heavy atom. The summed E-state index contributed by atoms with van der Waals surface area (Å²) < 4.78 is 18.7. The van der Waals surface area contributed by atoms with Crippen LogP contribution >= 0.6 is 0 Å². The molecule has 3 aromatic carbocycles. The Kier molecular flexibility index (Phi) is 6.58. The summed E-state index contributed by atoms with van der Waals surface area (Å²) in [7, 11) is 0. The van der Waals surface area contributed by atoms with Crippen LogP contribution in [0.5, 0.6) is 5.75 Å². The van der Waals surface area contributed by atoms with Crippen molar-refractivity contribution in [3.63, 3.8) is 0 Å². The lowest BCUT2D eigenvalue weighted by Gasteiger charge is -2.21. The van der Waals surface area contributed by atoms with E-state index in [0.717, 1.165) is 16.1 Å². The normalized spacial score (nSPS) is 17.4. The number of amides is 4. The molecule has 1 fully saturated rings. The van der Waals surface area contributed by atoms with Gasteiger partial charge in [0.1, 0.15) is 23.7 Å². The SMILES string of the molecule is C[C@]1(CCc2ccccc2)NC(=O)N(NC(=O)c2cccc(OCc3ccc(F)cc3)c2)C1=O. The molecule has 1 atom stereocenters. The fourth-order valence-corrected chi connectivity index (χ4v) is 3.63. The summed E-state index contributed by atoms with van der Waals surface area (Å²) in [5.74, 6) is -1.06. The minimum absolute atomic E-state index is 0.193. The van der Waals surface area contributed by atoms with Gasteiger partial charge in [0.25, 0.3) is 11.8 Å². The van der Waals surface area contributed by atoms with Gasteiger partial charge in [0.2, 0.25) is 0 Å².